The highest BCUT2D eigenvalue weighted by Gasteiger charge is 2.12. The molecule has 0 spiro atoms. The minimum Gasteiger partial charge on any atom is -0.507 e. The molecule has 0 heterocycles. The van der Waals surface area contributed by atoms with E-state index >= 15 is 0 Å². The van der Waals surface area contributed by atoms with Gasteiger partial charge in [0.15, 0.2) is 0 Å². The van der Waals surface area contributed by atoms with Crippen molar-refractivity contribution in [2.75, 3.05) is 0 Å². The van der Waals surface area contributed by atoms with E-state index in [0.717, 1.165) is 47.5 Å². The van der Waals surface area contributed by atoms with Gasteiger partial charge in [0.1, 0.15) is 11.5 Å². The average Bonchev–Trinajstić information content (AvgIpc) is 2.75. The van der Waals surface area contributed by atoms with Gasteiger partial charge in [-0.2, -0.15) is 16.8 Å². The Kier molecular flexibility index (Phi) is 7.47. The van der Waals surface area contributed by atoms with Crippen molar-refractivity contribution < 1.29 is 36.2 Å². The first-order chi connectivity index (χ1) is 15.9. The second-order valence-corrected chi connectivity index (χ2v) is 9.99. The van der Waals surface area contributed by atoms with Crippen LogP contribution in [0, 0.1) is 0 Å². The molecule has 0 aliphatic heterocycles. The molecule has 0 saturated heterocycles. The lowest BCUT2D eigenvalue weighted by molar-refractivity contribution is 0.470. The number of phenolic OH excluding ortho intramolecular Hbond substituents is 2. The van der Waals surface area contributed by atoms with Gasteiger partial charge in [-0.15, -0.1) is 0 Å². The van der Waals surface area contributed by atoms with Crippen LogP contribution in [0.15, 0.2) is 80.4 Å². The van der Waals surface area contributed by atoms with Gasteiger partial charge in [0.2, 0.25) is 0 Å². The van der Waals surface area contributed by atoms with Crippen LogP contribution in [0.1, 0.15) is 22.3 Å². The molecule has 3 aromatic rings. The number of aliphatic imine (C=N–C) groups is 2. The SMILES string of the molecule is O=S(=O)(O)c1ccc(O)c(C=NCc2cccc(CN=Cc3cc(S(=O)(=O)O)ccc3O)c2)c1. The summed E-state index contributed by atoms with van der Waals surface area (Å²) in [5.41, 5.74) is 1.85. The predicted molar refractivity (Wildman–Crippen MR) is 125 cm³/mol. The van der Waals surface area contributed by atoms with Gasteiger partial charge in [0, 0.05) is 23.6 Å². The largest absolute Gasteiger partial charge is 0.507 e. The van der Waals surface area contributed by atoms with E-state index in [1.807, 2.05) is 6.07 Å². The lowest BCUT2D eigenvalue weighted by Crippen LogP contribution is -1.99. The van der Waals surface area contributed by atoms with E-state index in [2.05, 4.69) is 9.98 Å². The Morgan fingerprint density at radius 3 is 1.44 bits per heavy atom. The van der Waals surface area contributed by atoms with Crippen LogP contribution in [-0.2, 0) is 33.3 Å². The number of nitrogens with zero attached hydrogens (tertiary/aromatic N) is 2. The van der Waals surface area contributed by atoms with Crippen molar-refractivity contribution in [2.45, 2.75) is 22.9 Å². The van der Waals surface area contributed by atoms with E-state index in [0.29, 0.717) is 0 Å². The van der Waals surface area contributed by atoms with Crippen molar-refractivity contribution in [1.29, 1.82) is 0 Å². The maximum atomic E-state index is 11.3. The van der Waals surface area contributed by atoms with Gasteiger partial charge in [0.05, 0.1) is 22.9 Å². The van der Waals surface area contributed by atoms with Crippen LogP contribution in [0.4, 0.5) is 0 Å². The molecule has 0 aromatic heterocycles. The summed E-state index contributed by atoms with van der Waals surface area (Å²) in [7, 11) is -8.82. The number of aromatic hydroxyl groups is 2. The zero-order valence-corrected chi connectivity index (χ0v) is 19.1. The highest BCUT2D eigenvalue weighted by atomic mass is 32.2. The highest BCUT2D eigenvalue weighted by Crippen LogP contribution is 2.21. The highest BCUT2D eigenvalue weighted by molar-refractivity contribution is 7.86. The van der Waals surface area contributed by atoms with Crippen LogP contribution in [0.2, 0.25) is 0 Å². The quantitative estimate of drug-likeness (QED) is 0.267. The van der Waals surface area contributed by atoms with Gasteiger partial charge in [0.25, 0.3) is 20.2 Å². The molecule has 3 aromatic carbocycles. The van der Waals surface area contributed by atoms with Gasteiger partial charge in [-0.25, -0.2) is 0 Å². The second-order valence-electron chi connectivity index (χ2n) is 7.15. The van der Waals surface area contributed by atoms with Gasteiger partial charge in [-0.3, -0.25) is 19.1 Å². The molecule has 178 valence electrons. The lowest BCUT2D eigenvalue weighted by atomic mass is 10.1. The summed E-state index contributed by atoms with van der Waals surface area (Å²) >= 11 is 0. The molecule has 0 amide bonds. The van der Waals surface area contributed by atoms with Crippen molar-refractivity contribution in [3.8, 4) is 11.5 Å². The Labute approximate surface area is 196 Å². The molecule has 0 aliphatic rings. The monoisotopic (exact) mass is 504 g/mol. The Morgan fingerprint density at radius 2 is 1.06 bits per heavy atom. The maximum absolute atomic E-state index is 11.3. The molecule has 0 bridgehead atoms. The molecule has 0 radical (unpaired) electrons. The van der Waals surface area contributed by atoms with Crippen molar-refractivity contribution in [3.63, 3.8) is 0 Å². The minimum absolute atomic E-state index is 0.128. The number of phenols is 2. The number of hydrogen-bond donors (Lipinski definition) is 4. The Balaban J connectivity index is 1.70. The molecule has 0 aliphatic carbocycles. The van der Waals surface area contributed by atoms with E-state index in [-0.39, 0.29) is 45.5 Å². The summed E-state index contributed by atoms with van der Waals surface area (Å²) in [5, 5.41) is 19.7. The fourth-order valence-electron chi connectivity index (χ4n) is 2.92. The van der Waals surface area contributed by atoms with Crippen LogP contribution in [0.25, 0.3) is 0 Å². The first-order valence-corrected chi connectivity index (χ1v) is 12.5. The van der Waals surface area contributed by atoms with Crippen LogP contribution in [0.5, 0.6) is 11.5 Å². The Hall–Kier alpha value is -3.58. The summed E-state index contributed by atoms with van der Waals surface area (Å²) in [6.07, 6.45) is 2.58. The summed E-state index contributed by atoms with van der Waals surface area (Å²) in [4.78, 5) is 7.67. The predicted octanol–water partition coefficient (Wildman–Crippen LogP) is 2.83. The van der Waals surface area contributed by atoms with E-state index in [4.69, 9.17) is 9.11 Å². The van der Waals surface area contributed by atoms with E-state index in [1.165, 1.54) is 12.4 Å². The fraction of sp³-hybridized carbons (Fsp3) is 0.0909. The maximum Gasteiger partial charge on any atom is 0.294 e. The van der Waals surface area contributed by atoms with Gasteiger partial charge in [-0.1, -0.05) is 24.3 Å². The van der Waals surface area contributed by atoms with Crippen LogP contribution in [0.3, 0.4) is 0 Å². The lowest BCUT2D eigenvalue weighted by Gasteiger charge is -2.04. The molecule has 3 rings (SSSR count). The van der Waals surface area contributed by atoms with E-state index in [1.54, 1.807) is 18.2 Å². The third kappa shape index (κ3) is 6.71. The van der Waals surface area contributed by atoms with Gasteiger partial charge < -0.3 is 10.2 Å². The smallest absolute Gasteiger partial charge is 0.294 e. The molecule has 4 N–H and O–H groups in total. The van der Waals surface area contributed by atoms with Crippen molar-refractivity contribution in [1.82, 2.24) is 0 Å². The van der Waals surface area contributed by atoms with Gasteiger partial charge >= 0.3 is 0 Å². The Morgan fingerprint density at radius 1 is 0.647 bits per heavy atom. The number of hydrogen-bond acceptors (Lipinski definition) is 8. The van der Waals surface area contributed by atoms with Crippen LogP contribution < -0.4 is 0 Å². The number of rotatable bonds is 8. The Bertz CT molecular complexity index is 1370. The average molecular weight is 505 g/mol. The van der Waals surface area contributed by atoms with E-state index < -0.39 is 20.2 Å². The molecule has 0 fully saturated rings. The number of benzene rings is 3. The van der Waals surface area contributed by atoms with Crippen molar-refractivity contribution >= 4 is 32.7 Å². The van der Waals surface area contributed by atoms with Crippen LogP contribution >= 0.6 is 0 Å². The molecule has 0 unspecified atom stereocenters. The molecule has 0 atom stereocenters. The summed E-state index contributed by atoms with van der Waals surface area (Å²) in [6, 6.07) is 13.9. The summed E-state index contributed by atoms with van der Waals surface area (Å²) in [6.45, 7) is 0.425. The molecular weight excluding hydrogens is 484 g/mol. The molecule has 10 nitrogen and oxygen atoms in total. The van der Waals surface area contributed by atoms with E-state index in [9.17, 15) is 27.0 Å². The standard InChI is InChI=1S/C22H20N2O8S2/c25-21-6-4-19(33(27,28)29)9-17(21)13-23-11-15-2-1-3-16(8-15)12-24-14-18-10-20(34(30,31)32)5-7-22(18)26/h1-10,13-14,25-26H,11-12H2,(H,27,28,29)(H,30,31,32). The minimum atomic E-state index is -4.41. The van der Waals surface area contributed by atoms with Crippen LogP contribution in [-0.4, -0.2) is 48.6 Å². The normalized spacial score (nSPS) is 12.5. The zero-order valence-electron chi connectivity index (χ0n) is 17.5. The molecule has 12 heteroatoms. The van der Waals surface area contributed by atoms with Crippen molar-refractivity contribution in [2.24, 2.45) is 9.98 Å². The molecule has 34 heavy (non-hydrogen) atoms. The van der Waals surface area contributed by atoms with Crippen molar-refractivity contribution in [3.05, 3.63) is 82.9 Å². The first-order valence-electron chi connectivity index (χ1n) is 9.62. The summed E-state index contributed by atoms with van der Waals surface area (Å²) < 4.78 is 63.3. The molecule has 0 saturated carbocycles. The zero-order chi connectivity index (χ0) is 24.9. The topological polar surface area (TPSA) is 174 Å². The summed E-state index contributed by atoms with van der Waals surface area (Å²) in [5.74, 6) is -0.388. The fourth-order valence-corrected chi connectivity index (χ4v) is 3.95. The third-order valence-electron chi connectivity index (χ3n) is 4.59. The second kappa shape index (κ2) is 10.1. The third-order valence-corrected chi connectivity index (χ3v) is 6.29. The first kappa shape index (κ1) is 25.1. The molecular formula is C22H20N2O8S2. The van der Waals surface area contributed by atoms with Gasteiger partial charge in [-0.05, 0) is 47.5 Å².